The molecule has 1 aromatic rings. The lowest BCUT2D eigenvalue weighted by Gasteiger charge is -2.61. The number of hydrogen-bond donors (Lipinski definition) is 1. The number of benzene rings is 1. The minimum Gasteiger partial charge on any atom is -0.487 e. The normalized spacial score (nSPS) is 36.6. The second kappa shape index (κ2) is 15.6. The van der Waals surface area contributed by atoms with Gasteiger partial charge >= 0.3 is 0 Å². The number of para-hydroxylation sites is 1. The third kappa shape index (κ3) is 7.43. The molecule has 7 rings (SSSR count). The zero-order valence-corrected chi connectivity index (χ0v) is 30.2. The molecule has 268 valence electrons. The average molecular weight is 693 g/mol. The van der Waals surface area contributed by atoms with Crippen LogP contribution in [0.1, 0.15) is 101 Å². The van der Waals surface area contributed by atoms with Crippen molar-refractivity contribution in [1.29, 1.82) is 5.26 Å². The zero-order chi connectivity index (χ0) is 34.0. The molecule has 1 N–H and O–H groups in total. The Kier molecular flexibility index (Phi) is 11.2. The van der Waals surface area contributed by atoms with E-state index in [4.69, 9.17) is 21.1 Å². The molecule has 1 spiro atoms. The fraction of sp³-hybridized carbons (Fsp3) is 0.744. The number of amides is 1. The minimum atomic E-state index is -0.323. The van der Waals surface area contributed by atoms with Crippen LogP contribution in [-0.4, -0.2) is 108 Å². The summed E-state index contributed by atoms with van der Waals surface area (Å²) in [5.41, 5.74) is 0.774. The molecule has 9 nitrogen and oxygen atoms in total. The topological polar surface area (TPSA) is 84.3 Å². The Labute approximate surface area is 298 Å². The van der Waals surface area contributed by atoms with Gasteiger partial charge < -0.3 is 19.3 Å². The molecule has 7 unspecified atom stereocenters. The number of halogens is 1. The third-order valence-corrected chi connectivity index (χ3v) is 13.2. The first kappa shape index (κ1) is 35.2. The van der Waals surface area contributed by atoms with Crippen LogP contribution in [0, 0.1) is 17.2 Å². The van der Waals surface area contributed by atoms with E-state index in [-0.39, 0.29) is 41.5 Å². The van der Waals surface area contributed by atoms with Crippen LogP contribution in [-0.2, 0) is 9.53 Å². The van der Waals surface area contributed by atoms with E-state index in [0.717, 1.165) is 50.1 Å². The molecule has 4 aliphatic heterocycles. The Hall–Kier alpha value is -2.19. The molecule has 0 radical (unpaired) electrons. The fourth-order valence-corrected chi connectivity index (χ4v) is 10.7. The number of carbonyl (C=O) groups is 1. The Morgan fingerprint density at radius 1 is 1.08 bits per heavy atom. The summed E-state index contributed by atoms with van der Waals surface area (Å²) < 4.78 is 14.0. The van der Waals surface area contributed by atoms with Crippen LogP contribution in [0.25, 0.3) is 0 Å². The predicted octanol–water partition coefficient (Wildman–Crippen LogP) is 6.01. The first-order chi connectivity index (χ1) is 23.9. The van der Waals surface area contributed by atoms with Crippen molar-refractivity contribution in [3.05, 3.63) is 42.5 Å². The quantitative estimate of drug-likeness (QED) is 0.275. The van der Waals surface area contributed by atoms with Gasteiger partial charge in [0.25, 0.3) is 0 Å². The summed E-state index contributed by atoms with van der Waals surface area (Å²) >= 11 is 7.10. The number of alkyl halides is 1. The molecule has 3 saturated heterocycles. The van der Waals surface area contributed by atoms with Crippen LogP contribution in [0.15, 0.2) is 36.9 Å². The second-order valence-electron chi connectivity index (χ2n) is 15.7. The lowest BCUT2D eigenvalue weighted by Crippen LogP contribution is -2.75. The molecule has 1 amide bonds. The van der Waals surface area contributed by atoms with Gasteiger partial charge in [0.05, 0.1) is 36.7 Å². The summed E-state index contributed by atoms with van der Waals surface area (Å²) in [5, 5.41) is 13.9. The lowest BCUT2D eigenvalue weighted by molar-refractivity contribution is -0.221. The molecule has 8 atom stereocenters. The van der Waals surface area contributed by atoms with Crippen LogP contribution in [0.3, 0.4) is 0 Å². The van der Waals surface area contributed by atoms with Crippen molar-refractivity contribution in [2.24, 2.45) is 5.92 Å². The lowest BCUT2D eigenvalue weighted by atomic mass is 9.69. The van der Waals surface area contributed by atoms with Gasteiger partial charge in [-0.3, -0.25) is 15.0 Å². The highest BCUT2D eigenvalue weighted by atomic mass is 35.5. The maximum atomic E-state index is 12.9. The zero-order valence-electron chi connectivity index (χ0n) is 29.5. The van der Waals surface area contributed by atoms with E-state index in [1.807, 2.05) is 11.0 Å². The molecule has 0 aromatic heterocycles. The van der Waals surface area contributed by atoms with Crippen molar-refractivity contribution in [1.82, 2.24) is 24.9 Å². The van der Waals surface area contributed by atoms with Crippen molar-refractivity contribution in [3.63, 3.8) is 0 Å². The Morgan fingerprint density at radius 3 is 2.63 bits per heavy atom. The van der Waals surface area contributed by atoms with Gasteiger partial charge in [-0.1, -0.05) is 56.9 Å². The summed E-state index contributed by atoms with van der Waals surface area (Å²) in [4.78, 5) is 22.6. The van der Waals surface area contributed by atoms with Gasteiger partial charge in [0, 0.05) is 62.1 Å². The SMILES string of the molecule is C=CC(=O)N1CCN(C2C3CC[C@@]4(CC(Cl)c5ccccc5O4)CC3NC(OCC3CCCN3C)N2C2CCCCCCC2)CC1CC#N. The maximum absolute atomic E-state index is 12.9. The number of ether oxygens (including phenoxy) is 2. The number of likely N-dealkylation sites (N-methyl/N-ethyl adjacent to an activating group) is 1. The van der Waals surface area contributed by atoms with Crippen LogP contribution in [0.5, 0.6) is 5.75 Å². The van der Waals surface area contributed by atoms with E-state index in [2.05, 4.69) is 57.9 Å². The molecule has 49 heavy (non-hydrogen) atoms. The van der Waals surface area contributed by atoms with Crippen LogP contribution in [0.2, 0.25) is 0 Å². The minimum absolute atomic E-state index is 0.0699. The Bertz CT molecular complexity index is 1350. The van der Waals surface area contributed by atoms with Gasteiger partial charge in [-0.05, 0) is 64.3 Å². The van der Waals surface area contributed by atoms with Gasteiger partial charge in [0.15, 0.2) is 6.35 Å². The number of likely N-dealkylation sites (tertiary alicyclic amines) is 1. The van der Waals surface area contributed by atoms with E-state index in [1.54, 1.807) is 0 Å². The number of rotatable bonds is 7. The smallest absolute Gasteiger partial charge is 0.246 e. The van der Waals surface area contributed by atoms with E-state index >= 15 is 0 Å². The monoisotopic (exact) mass is 692 g/mol. The van der Waals surface area contributed by atoms with Gasteiger partial charge in [-0.2, -0.15) is 5.26 Å². The maximum Gasteiger partial charge on any atom is 0.246 e. The highest BCUT2D eigenvalue weighted by Gasteiger charge is 2.55. The summed E-state index contributed by atoms with van der Waals surface area (Å²) in [6, 6.07) is 11.5. The summed E-state index contributed by atoms with van der Waals surface area (Å²) in [6.07, 6.45) is 16.4. The molecule has 6 aliphatic rings. The van der Waals surface area contributed by atoms with Gasteiger partial charge in [0.1, 0.15) is 11.4 Å². The van der Waals surface area contributed by atoms with Crippen molar-refractivity contribution < 1.29 is 14.3 Å². The summed E-state index contributed by atoms with van der Waals surface area (Å²) in [6.45, 7) is 7.66. The molecule has 2 saturated carbocycles. The van der Waals surface area contributed by atoms with E-state index < -0.39 is 0 Å². The van der Waals surface area contributed by atoms with Gasteiger partial charge in [0.2, 0.25) is 5.91 Å². The number of nitrogens with one attached hydrogen (secondary N) is 1. The van der Waals surface area contributed by atoms with Crippen LogP contribution in [0.4, 0.5) is 0 Å². The molecule has 0 bridgehead atoms. The van der Waals surface area contributed by atoms with Crippen molar-refractivity contribution in [2.75, 3.05) is 39.8 Å². The molecule has 10 heteroatoms. The summed E-state index contributed by atoms with van der Waals surface area (Å²) in [5.74, 6) is 1.20. The molecule has 1 aromatic carbocycles. The van der Waals surface area contributed by atoms with E-state index in [9.17, 15) is 10.1 Å². The first-order valence-electron chi connectivity index (χ1n) is 19.2. The molecule has 5 fully saturated rings. The van der Waals surface area contributed by atoms with Crippen molar-refractivity contribution in [3.8, 4) is 11.8 Å². The molecule has 4 heterocycles. The average Bonchev–Trinajstić information content (AvgIpc) is 3.50. The van der Waals surface area contributed by atoms with Gasteiger partial charge in [-0.25, -0.2) is 4.90 Å². The van der Waals surface area contributed by atoms with Crippen molar-refractivity contribution >= 4 is 17.5 Å². The van der Waals surface area contributed by atoms with Gasteiger partial charge in [-0.15, -0.1) is 11.6 Å². The first-order valence-corrected chi connectivity index (χ1v) is 19.6. The van der Waals surface area contributed by atoms with E-state index in [0.29, 0.717) is 44.1 Å². The number of nitrogens with zero attached hydrogens (tertiary/aromatic N) is 5. The number of nitriles is 1. The highest BCUT2D eigenvalue weighted by Crippen LogP contribution is 2.51. The largest absolute Gasteiger partial charge is 0.487 e. The number of fused-ring (bicyclic) bond motifs is 2. The number of hydrogen-bond acceptors (Lipinski definition) is 8. The standard InChI is InChI=1S/C39H57ClN6O3/c1-3-36(47)45-23-22-44(26-29(45)18-20-41)37-32-17-19-39(24-33(40)31-15-9-10-16-35(31)49-39)25-34(32)42-38(48-27-30-14-11-21-43(30)2)46(37)28-12-7-5-4-6-8-13-28/h3,9-10,15-16,28-30,32-34,37-38,42H,1,4-8,11-14,17-19,21-27H2,2H3/t29?,30?,32?,33?,34?,37?,38?,39-/m1/s1. The van der Waals surface area contributed by atoms with Crippen LogP contribution >= 0.6 is 11.6 Å². The Morgan fingerprint density at radius 2 is 1.88 bits per heavy atom. The highest BCUT2D eigenvalue weighted by molar-refractivity contribution is 6.21. The third-order valence-electron chi connectivity index (χ3n) is 12.8. The Balaban J connectivity index is 1.22. The predicted molar refractivity (Wildman–Crippen MR) is 192 cm³/mol. The molecular formula is C39H57ClN6O3. The van der Waals surface area contributed by atoms with Crippen molar-refractivity contribution in [2.45, 2.75) is 138 Å². The second-order valence-corrected chi connectivity index (χ2v) is 16.3. The fourth-order valence-electron chi connectivity index (χ4n) is 10.2. The van der Waals surface area contributed by atoms with E-state index in [1.165, 1.54) is 63.9 Å². The molecular weight excluding hydrogens is 636 g/mol. The molecule has 2 aliphatic carbocycles. The number of carbonyl (C=O) groups excluding carboxylic acids is 1. The summed E-state index contributed by atoms with van der Waals surface area (Å²) in [7, 11) is 2.23. The number of piperazine rings is 1. The van der Waals surface area contributed by atoms with Crippen LogP contribution < -0.4 is 10.1 Å².